The molecule has 180 valence electrons. The summed E-state index contributed by atoms with van der Waals surface area (Å²) in [5.74, 6) is 0.526. The minimum Gasteiger partial charge on any atom is -0.419 e. The number of nitrogens with one attached hydrogen (secondary N) is 2. The van der Waals surface area contributed by atoms with E-state index in [9.17, 15) is 4.79 Å². The molecule has 1 atom stereocenters. The molecular formula is C23H22ClN7O3S. The summed E-state index contributed by atoms with van der Waals surface area (Å²) >= 11 is 7.61. The molecule has 2 N–H and O–H groups in total. The Kier molecular flexibility index (Phi) is 5.85. The first-order valence-corrected chi connectivity index (χ1v) is 12.5. The van der Waals surface area contributed by atoms with E-state index in [1.807, 2.05) is 19.1 Å². The fraction of sp³-hybridized carbons (Fsp3) is 0.348. The number of hydrogen-bond acceptors (Lipinski definition) is 10. The van der Waals surface area contributed by atoms with Gasteiger partial charge in [0.05, 0.1) is 41.8 Å². The smallest absolute Gasteiger partial charge is 0.263 e. The number of hydrogen-bond donors (Lipinski definition) is 2. The van der Waals surface area contributed by atoms with Gasteiger partial charge in [-0.3, -0.25) is 9.69 Å². The van der Waals surface area contributed by atoms with Crippen molar-refractivity contribution in [2.45, 2.75) is 19.5 Å². The van der Waals surface area contributed by atoms with Crippen LogP contribution in [-0.4, -0.2) is 69.6 Å². The van der Waals surface area contributed by atoms with E-state index in [-0.39, 0.29) is 17.2 Å². The highest BCUT2D eigenvalue weighted by molar-refractivity contribution is 7.21. The number of fused-ring (bicyclic) bond motifs is 5. The lowest BCUT2D eigenvalue weighted by Crippen LogP contribution is -2.35. The summed E-state index contributed by atoms with van der Waals surface area (Å²) in [4.78, 5) is 33.3. The fourth-order valence-corrected chi connectivity index (χ4v) is 5.57. The van der Waals surface area contributed by atoms with Gasteiger partial charge in [0, 0.05) is 48.4 Å². The van der Waals surface area contributed by atoms with Crippen LogP contribution >= 0.6 is 22.9 Å². The zero-order chi connectivity index (χ0) is 23.9. The molecule has 1 amide bonds. The van der Waals surface area contributed by atoms with Crippen LogP contribution in [0.5, 0.6) is 11.8 Å². The molecule has 0 aliphatic carbocycles. The molecule has 1 saturated heterocycles. The predicted octanol–water partition coefficient (Wildman–Crippen LogP) is 3.46. The third-order valence-electron chi connectivity index (χ3n) is 5.94. The molecule has 5 heterocycles. The van der Waals surface area contributed by atoms with E-state index >= 15 is 0 Å². The van der Waals surface area contributed by atoms with E-state index in [0.29, 0.717) is 54.0 Å². The summed E-state index contributed by atoms with van der Waals surface area (Å²) in [5, 5.41) is 7.41. The molecule has 0 radical (unpaired) electrons. The molecule has 10 nitrogen and oxygen atoms in total. The predicted molar refractivity (Wildman–Crippen MR) is 134 cm³/mol. The number of morpholine rings is 1. The lowest BCUT2D eigenvalue weighted by molar-refractivity contribution is 0.0336. The van der Waals surface area contributed by atoms with E-state index in [1.54, 1.807) is 12.3 Å². The van der Waals surface area contributed by atoms with Crippen LogP contribution in [0.1, 0.15) is 22.3 Å². The Morgan fingerprint density at radius 2 is 2.09 bits per heavy atom. The molecule has 4 aromatic rings. The number of thiophene rings is 1. The van der Waals surface area contributed by atoms with Crippen LogP contribution in [0.4, 0.5) is 5.69 Å². The van der Waals surface area contributed by atoms with Gasteiger partial charge in [-0.15, -0.1) is 11.3 Å². The molecule has 0 saturated carbocycles. The molecule has 2 aliphatic heterocycles. The maximum atomic E-state index is 12.6. The number of aromatic nitrogens is 4. The van der Waals surface area contributed by atoms with Gasteiger partial charge in [0.15, 0.2) is 0 Å². The van der Waals surface area contributed by atoms with Crippen LogP contribution in [-0.2, 0) is 11.3 Å². The fourth-order valence-electron chi connectivity index (χ4n) is 4.29. The first-order valence-electron chi connectivity index (χ1n) is 11.3. The molecule has 0 spiro atoms. The van der Waals surface area contributed by atoms with Crippen LogP contribution in [0.2, 0.25) is 5.28 Å². The van der Waals surface area contributed by atoms with Crippen molar-refractivity contribution in [1.82, 2.24) is 30.2 Å². The summed E-state index contributed by atoms with van der Waals surface area (Å²) in [6.07, 6.45) is 1.56. The van der Waals surface area contributed by atoms with Gasteiger partial charge in [0.2, 0.25) is 17.0 Å². The first kappa shape index (κ1) is 22.4. The van der Waals surface area contributed by atoms with Crippen LogP contribution < -0.4 is 15.4 Å². The number of rotatable bonds is 4. The Hall–Kier alpha value is -3.12. The normalized spacial score (nSPS) is 18.7. The van der Waals surface area contributed by atoms with Gasteiger partial charge in [0.1, 0.15) is 4.88 Å². The van der Waals surface area contributed by atoms with Crippen molar-refractivity contribution in [3.63, 3.8) is 0 Å². The molecule has 1 fully saturated rings. The highest BCUT2D eigenvalue weighted by Gasteiger charge is 2.25. The van der Waals surface area contributed by atoms with E-state index in [4.69, 9.17) is 21.1 Å². The largest absolute Gasteiger partial charge is 0.419 e. The van der Waals surface area contributed by atoms with Crippen LogP contribution in [0, 0.1) is 0 Å². The number of anilines is 1. The quantitative estimate of drug-likeness (QED) is 0.397. The van der Waals surface area contributed by atoms with Crippen molar-refractivity contribution in [2.75, 3.05) is 38.2 Å². The van der Waals surface area contributed by atoms with Gasteiger partial charge in [-0.25, -0.2) is 15.0 Å². The number of nitrogens with zero attached hydrogens (tertiary/aromatic N) is 5. The van der Waals surface area contributed by atoms with Crippen molar-refractivity contribution in [2.24, 2.45) is 0 Å². The van der Waals surface area contributed by atoms with E-state index < -0.39 is 0 Å². The molecule has 12 heteroatoms. The lowest BCUT2D eigenvalue weighted by Gasteiger charge is -2.26. The Balaban J connectivity index is 1.31. The van der Waals surface area contributed by atoms with Crippen LogP contribution in [0.15, 0.2) is 24.4 Å². The molecule has 2 aliphatic rings. The standard InChI is InChI=1S/C23H22ClN7O3S/c1-12-9-25-20-18-15(35-21(20)22(32)27-12)3-2-14-19(18)26-10-17(29-14)34-16-8-13(28-23(24)30-16)11-31-4-6-33-7-5-31/h2-3,8,10,12,25H,4-7,9,11H2,1H3,(H,27,32)/t12-/m1/s1. The summed E-state index contributed by atoms with van der Waals surface area (Å²) in [6.45, 7) is 6.32. The van der Waals surface area contributed by atoms with Gasteiger partial charge in [-0.1, -0.05) is 0 Å². The maximum Gasteiger partial charge on any atom is 0.263 e. The second-order valence-corrected chi connectivity index (χ2v) is 9.92. The maximum absolute atomic E-state index is 12.6. The second kappa shape index (κ2) is 9.15. The van der Waals surface area contributed by atoms with Crippen molar-refractivity contribution in [3.8, 4) is 11.8 Å². The van der Waals surface area contributed by atoms with Crippen LogP contribution in [0.25, 0.3) is 21.1 Å². The average Bonchev–Trinajstić information content (AvgIpc) is 3.15. The molecular weight excluding hydrogens is 490 g/mol. The highest BCUT2D eigenvalue weighted by atomic mass is 35.5. The number of halogens is 1. The average molecular weight is 512 g/mol. The lowest BCUT2D eigenvalue weighted by atomic mass is 10.1. The van der Waals surface area contributed by atoms with Gasteiger partial charge < -0.3 is 20.1 Å². The number of carbonyl (C=O) groups is 1. The Morgan fingerprint density at radius 1 is 1.23 bits per heavy atom. The summed E-state index contributed by atoms with van der Waals surface area (Å²) in [5.41, 5.74) is 2.92. The summed E-state index contributed by atoms with van der Waals surface area (Å²) < 4.78 is 12.3. The minimum atomic E-state index is -0.0757. The van der Waals surface area contributed by atoms with Crippen molar-refractivity contribution >= 4 is 55.7 Å². The van der Waals surface area contributed by atoms with Gasteiger partial charge in [-0.2, -0.15) is 4.98 Å². The third-order valence-corrected chi connectivity index (χ3v) is 7.26. The molecule has 3 aromatic heterocycles. The van der Waals surface area contributed by atoms with Gasteiger partial charge in [-0.05, 0) is 30.7 Å². The molecule has 1 aromatic carbocycles. The topological polar surface area (TPSA) is 114 Å². The number of amides is 1. The van der Waals surface area contributed by atoms with E-state index in [0.717, 1.165) is 34.6 Å². The zero-order valence-corrected chi connectivity index (χ0v) is 20.4. The molecule has 6 rings (SSSR count). The Labute approximate surface area is 209 Å². The van der Waals surface area contributed by atoms with Gasteiger partial charge in [0.25, 0.3) is 5.91 Å². The summed E-state index contributed by atoms with van der Waals surface area (Å²) in [6, 6.07) is 5.63. The Bertz CT molecular complexity index is 1440. The molecule has 0 unspecified atom stereocenters. The number of carbonyl (C=O) groups excluding carboxylic acids is 1. The van der Waals surface area contributed by atoms with Crippen molar-refractivity contribution in [3.05, 3.63) is 40.3 Å². The van der Waals surface area contributed by atoms with E-state index in [2.05, 4.69) is 35.5 Å². The summed E-state index contributed by atoms with van der Waals surface area (Å²) in [7, 11) is 0. The Morgan fingerprint density at radius 3 is 2.94 bits per heavy atom. The van der Waals surface area contributed by atoms with Crippen molar-refractivity contribution in [1.29, 1.82) is 0 Å². The minimum absolute atomic E-state index is 0.0334. The second-order valence-electron chi connectivity index (χ2n) is 8.53. The van der Waals surface area contributed by atoms with E-state index in [1.165, 1.54) is 11.3 Å². The monoisotopic (exact) mass is 511 g/mol. The molecule has 35 heavy (non-hydrogen) atoms. The molecule has 0 bridgehead atoms. The number of benzene rings is 1. The zero-order valence-electron chi connectivity index (χ0n) is 18.9. The van der Waals surface area contributed by atoms with Gasteiger partial charge >= 0.3 is 0 Å². The third kappa shape index (κ3) is 4.47. The first-order chi connectivity index (χ1) is 17.0. The SMILES string of the molecule is C[C@@H]1CNc2c(sc3ccc4nc(Oc5cc(CN6CCOCC6)nc(Cl)n5)cnc4c23)C(=O)N1. The number of ether oxygens (including phenoxy) is 2. The van der Waals surface area contributed by atoms with Crippen molar-refractivity contribution < 1.29 is 14.3 Å². The highest BCUT2D eigenvalue weighted by Crippen LogP contribution is 2.40. The van der Waals surface area contributed by atoms with Crippen LogP contribution in [0.3, 0.4) is 0 Å².